The molecule has 1 heterocycles. The van der Waals surface area contributed by atoms with E-state index in [0.717, 1.165) is 10.1 Å². The van der Waals surface area contributed by atoms with Crippen LogP contribution in [0.5, 0.6) is 5.75 Å². The van der Waals surface area contributed by atoms with Crippen molar-refractivity contribution in [2.75, 3.05) is 6.61 Å². The van der Waals surface area contributed by atoms with Gasteiger partial charge in [-0.3, -0.25) is 0 Å². The highest BCUT2D eigenvalue weighted by Crippen LogP contribution is 2.13. The quantitative estimate of drug-likeness (QED) is 0.558. The van der Waals surface area contributed by atoms with Crippen LogP contribution in [0.1, 0.15) is 41.0 Å². The molecular formula is C16H25IN2O3. The molecule has 0 aliphatic heterocycles. The van der Waals surface area contributed by atoms with Gasteiger partial charge in [0.05, 0.1) is 12.2 Å². The van der Waals surface area contributed by atoms with Crippen molar-refractivity contribution >= 4 is 28.7 Å². The molecule has 1 N–H and O–H groups in total. The molecule has 6 heteroatoms. The van der Waals surface area contributed by atoms with E-state index in [4.69, 9.17) is 9.47 Å². The minimum Gasteiger partial charge on any atom is -0.490 e. The van der Waals surface area contributed by atoms with Gasteiger partial charge < -0.3 is 14.8 Å². The maximum Gasteiger partial charge on any atom is 0.407 e. The first-order valence-electron chi connectivity index (χ1n) is 7.39. The van der Waals surface area contributed by atoms with Crippen LogP contribution in [0.15, 0.2) is 18.3 Å². The second-order valence-corrected chi connectivity index (χ2v) is 7.71. The molecule has 0 spiro atoms. The van der Waals surface area contributed by atoms with Gasteiger partial charge in [0.15, 0.2) is 0 Å². The molecule has 124 valence electrons. The van der Waals surface area contributed by atoms with Crippen LogP contribution >= 0.6 is 22.6 Å². The Bertz CT molecular complexity index is 469. The summed E-state index contributed by atoms with van der Waals surface area (Å²) >= 11 is 2.14. The Morgan fingerprint density at radius 2 is 2.05 bits per heavy atom. The Morgan fingerprint density at radius 1 is 1.36 bits per heavy atom. The summed E-state index contributed by atoms with van der Waals surface area (Å²) in [5, 5.41) is 2.88. The molecule has 1 rings (SSSR count). The van der Waals surface area contributed by atoms with E-state index >= 15 is 0 Å². The first-order valence-corrected chi connectivity index (χ1v) is 8.47. The molecule has 0 aliphatic rings. The minimum atomic E-state index is -0.507. The third-order valence-electron chi connectivity index (χ3n) is 2.63. The van der Waals surface area contributed by atoms with E-state index in [-0.39, 0.29) is 6.04 Å². The lowest BCUT2D eigenvalue weighted by molar-refractivity contribution is 0.0480. The Hall–Kier alpha value is -1.05. The van der Waals surface area contributed by atoms with Crippen molar-refractivity contribution in [1.82, 2.24) is 10.3 Å². The molecule has 0 radical (unpaired) electrons. The van der Waals surface area contributed by atoms with Gasteiger partial charge in [-0.15, -0.1) is 0 Å². The van der Waals surface area contributed by atoms with Crippen molar-refractivity contribution in [3.63, 3.8) is 0 Å². The monoisotopic (exact) mass is 420 g/mol. The van der Waals surface area contributed by atoms with E-state index in [9.17, 15) is 4.79 Å². The van der Waals surface area contributed by atoms with Crippen LogP contribution in [0.25, 0.3) is 0 Å². The maximum atomic E-state index is 11.9. The predicted molar refractivity (Wildman–Crippen MR) is 95.1 cm³/mol. The zero-order chi connectivity index (χ0) is 16.8. The number of nitrogens with one attached hydrogen (secondary N) is 1. The Labute approximate surface area is 146 Å². The summed E-state index contributed by atoms with van der Waals surface area (Å²) < 4.78 is 11.9. The summed E-state index contributed by atoms with van der Waals surface area (Å²) in [5.41, 5.74) is -0.507. The Morgan fingerprint density at radius 3 is 2.55 bits per heavy atom. The largest absolute Gasteiger partial charge is 0.490 e. The number of carbonyl (C=O) groups excluding carboxylic acids is 1. The van der Waals surface area contributed by atoms with Crippen molar-refractivity contribution in [2.45, 2.75) is 52.7 Å². The molecule has 1 atom stereocenters. The van der Waals surface area contributed by atoms with E-state index in [1.165, 1.54) is 0 Å². The molecule has 5 nitrogen and oxygen atoms in total. The van der Waals surface area contributed by atoms with E-state index in [0.29, 0.717) is 18.3 Å². The van der Waals surface area contributed by atoms with E-state index in [2.05, 4.69) is 46.7 Å². The van der Waals surface area contributed by atoms with Gasteiger partial charge in [-0.1, -0.05) is 13.8 Å². The van der Waals surface area contributed by atoms with Gasteiger partial charge in [0, 0.05) is 0 Å². The fourth-order valence-electron chi connectivity index (χ4n) is 1.86. The van der Waals surface area contributed by atoms with Gasteiger partial charge in [0.25, 0.3) is 0 Å². The number of rotatable bonds is 6. The molecule has 0 saturated heterocycles. The highest BCUT2D eigenvalue weighted by molar-refractivity contribution is 14.1. The highest BCUT2D eigenvalue weighted by atomic mass is 127. The molecule has 22 heavy (non-hydrogen) atoms. The number of nitrogens with zero attached hydrogens (tertiary/aromatic N) is 1. The summed E-state index contributed by atoms with van der Waals surface area (Å²) in [5.74, 6) is 1.14. The van der Waals surface area contributed by atoms with Crippen molar-refractivity contribution in [3.8, 4) is 5.75 Å². The van der Waals surface area contributed by atoms with Crippen molar-refractivity contribution in [2.24, 2.45) is 5.92 Å². The first-order chi connectivity index (χ1) is 10.2. The van der Waals surface area contributed by atoms with Crippen LogP contribution in [0.3, 0.4) is 0 Å². The van der Waals surface area contributed by atoms with Gasteiger partial charge in [-0.2, -0.15) is 0 Å². The van der Waals surface area contributed by atoms with E-state index in [1.54, 1.807) is 6.20 Å². The number of hydrogen-bond acceptors (Lipinski definition) is 4. The molecule has 0 aliphatic carbocycles. The number of aromatic nitrogens is 1. The number of alkyl carbamates (subject to hydrolysis) is 1. The summed E-state index contributed by atoms with van der Waals surface area (Å²) in [4.78, 5) is 16.1. The van der Waals surface area contributed by atoms with Crippen molar-refractivity contribution < 1.29 is 14.3 Å². The summed E-state index contributed by atoms with van der Waals surface area (Å²) in [6.07, 6.45) is 2.08. The second kappa shape index (κ2) is 8.55. The van der Waals surface area contributed by atoms with E-state index in [1.807, 2.05) is 32.9 Å². The van der Waals surface area contributed by atoms with E-state index < -0.39 is 11.7 Å². The van der Waals surface area contributed by atoms with Crippen LogP contribution < -0.4 is 10.1 Å². The molecular weight excluding hydrogens is 395 g/mol. The van der Waals surface area contributed by atoms with Crippen LogP contribution in [-0.4, -0.2) is 29.3 Å². The average Bonchev–Trinajstić information content (AvgIpc) is 2.34. The van der Waals surface area contributed by atoms with Crippen molar-refractivity contribution in [1.29, 1.82) is 0 Å². The van der Waals surface area contributed by atoms with Crippen LogP contribution in [0.4, 0.5) is 4.79 Å². The lowest BCUT2D eigenvalue weighted by Crippen LogP contribution is -2.42. The molecule has 0 fully saturated rings. The minimum absolute atomic E-state index is 0.103. The first kappa shape index (κ1) is 19.0. The van der Waals surface area contributed by atoms with Gasteiger partial charge in [-0.05, 0) is 67.8 Å². The third-order valence-corrected chi connectivity index (χ3v) is 3.27. The number of hydrogen-bond donors (Lipinski definition) is 1. The van der Waals surface area contributed by atoms with Crippen molar-refractivity contribution in [3.05, 3.63) is 22.0 Å². The molecule has 0 saturated carbocycles. The smallest absolute Gasteiger partial charge is 0.407 e. The number of amides is 1. The second-order valence-electron chi connectivity index (χ2n) is 6.60. The zero-order valence-electron chi connectivity index (χ0n) is 13.9. The van der Waals surface area contributed by atoms with Gasteiger partial charge in [0.1, 0.15) is 21.7 Å². The zero-order valence-corrected chi connectivity index (χ0v) is 16.0. The molecule has 0 aromatic carbocycles. The number of carbonyl (C=O) groups is 1. The van der Waals surface area contributed by atoms with Crippen LogP contribution in [0, 0.1) is 9.62 Å². The summed E-state index contributed by atoms with van der Waals surface area (Å²) in [7, 11) is 0. The predicted octanol–water partition coefficient (Wildman–Crippen LogP) is 4.00. The molecule has 0 bridgehead atoms. The van der Waals surface area contributed by atoms with Crippen LogP contribution in [-0.2, 0) is 4.74 Å². The fraction of sp³-hybridized carbons (Fsp3) is 0.625. The number of halogens is 1. The summed E-state index contributed by atoms with van der Waals surface area (Å²) in [6, 6.07) is 3.65. The maximum absolute atomic E-state index is 11.9. The lowest BCUT2D eigenvalue weighted by Gasteiger charge is -2.24. The fourth-order valence-corrected chi connectivity index (χ4v) is 2.18. The molecule has 1 aromatic heterocycles. The lowest BCUT2D eigenvalue weighted by atomic mass is 10.0. The third kappa shape index (κ3) is 8.41. The number of pyridine rings is 1. The molecule has 1 amide bonds. The number of ether oxygens (including phenoxy) is 2. The molecule has 1 aromatic rings. The van der Waals surface area contributed by atoms with Gasteiger partial charge >= 0.3 is 6.09 Å². The SMILES string of the molecule is CC(C)C[C@@H](COc1ccc(I)nc1)NC(=O)OC(C)(C)C. The van der Waals surface area contributed by atoms with Gasteiger partial charge in [-0.25, -0.2) is 9.78 Å². The topological polar surface area (TPSA) is 60.5 Å². The normalized spacial score (nSPS) is 12.9. The average molecular weight is 420 g/mol. The standard InChI is InChI=1S/C16H25IN2O3/c1-11(2)8-12(19-15(20)22-16(3,4)5)10-21-13-6-7-14(17)18-9-13/h6-7,9,11-12H,8,10H2,1-5H3,(H,19,20)/t12-/m0/s1. The van der Waals surface area contributed by atoms with Gasteiger partial charge in [0.2, 0.25) is 0 Å². The highest BCUT2D eigenvalue weighted by Gasteiger charge is 2.20. The molecule has 0 unspecified atom stereocenters. The summed E-state index contributed by atoms with van der Waals surface area (Å²) in [6.45, 7) is 10.1. The Balaban J connectivity index is 2.56. The van der Waals surface area contributed by atoms with Crippen LogP contribution in [0.2, 0.25) is 0 Å². The Kier molecular flexibility index (Phi) is 7.38.